The maximum atomic E-state index is 13.1. The average molecular weight is 334 g/mol. The molecule has 0 amide bonds. The molecule has 0 unspecified atom stereocenters. The van der Waals surface area contributed by atoms with Crippen molar-refractivity contribution in [3.63, 3.8) is 0 Å². The normalized spacial score (nSPS) is 18.5. The third kappa shape index (κ3) is 3.73. The van der Waals surface area contributed by atoms with Gasteiger partial charge in [0.25, 0.3) is 5.92 Å². The molecule has 0 spiro atoms. The second-order valence-corrected chi connectivity index (χ2v) is 5.57. The van der Waals surface area contributed by atoms with Crippen LogP contribution in [0.25, 0.3) is 0 Å². The summed E-state index contributed by atoms with van der Waals surface area (Å²) in [5, 5.41) is 0. The number of halogens is 3. The van der Waals surface area contributed by atoms with Gasteiger partial charge in [0.05, 0.1) is 19.2 Å². The lowest BCUT2D eigenvalue weighted by atomic mass is 10.1. The first-order valence-corrected chi connectivity index (χ1v) is 6.67. The summed E-state index contributed by atoms with van der Waals surface area (Å²) >= 11 is 3.31. The SMILES string of the molecule is COC(=O)c1cc(Br)cc(CN2CCC(F)(F)C2)c1. The highest BCUT2D eigenvalue weighted by molar-refractivity contribution is 9.10. The number of ether oxygens (including phenoxy) is 1. The molecule has 1 aromatic rings. The largest absolute Gasteiger partial charge is 0.465 e. The van der Waals surface area contributed by atoms with Crippen LogP contribution in [0.5, 0.6) is 0 Å². The summed E-state index contributed by atoms with van der Waals surface area (Å²) in [7, 11) is 1.31. The number of hydrogen-bond acceptors (Lipinski definition) is 3. The number of benzene rings is 1. The Labute approximate surface area is 118 Å². The van der Waals surface area contributed by atoms with E-state index in [1.807, 2.05) is 6.07 Å². The molecule has 0 atom stereocenters. The van der Waals surface area contributed by atoms with Gasteiger partial charge in [0.15, 0.2) is 0 Å². The predicted molar refractivity (Wildman–Crippen MR) is 70.3 cm³/mol. The number of hydrogen-bond donors (Lipinski definition) is 0. The lowest BCUT2D eigenvalue weighted by molar-refractivity contribution is 0.0115. The van der Waals surface area contributed by atoms with Crippen LogP contribution in [-0.4, -0.2) is 37.0 Å². The molecule has 1 aliphatic heterocycles. The molecule has 1 aromatic carbocycles. The molecule has 0 aromatic heterocycles. The molecule has 1 heterocycles. The van der Waals surface area contributed by atoms with Gasteiger partial charge in [-0.25, -0.2) is 13.6 Å². The molecule has 3 nitrogen and oxygen atoms in total. The first kappa shape index (κ1) is 14.4. The zero-order chi connectivity index (χ0) is 14.0. The van der Waals surface area contributed by atoms with Crippen molar-refractivity contribution in [2.24, 2.45) is 0 Å². The van der Waals surface area contributed by atoms with Crippen molar-refractivity contribution >= 4 is 21.9 Å². The number of alkyl halides is 2. The van der Waals surface area contributed by atoms with Crippen molar-refractivity contribution in [3.8, 4) is 0 Å². The zero-order valence-electron chi connectivity index (χ0n) is 10.5. The van der Waals surface area contributed by atoms with Gasteiger partial charge in [0, 0.05) is 24.0 Å². The Bertz CT molecular complexity index is 494. The number of nitrogens with zero attached hydrogens (tertiary/aromatic N) is 1. The van der Waals surface area contributed by atoms with Crippen LogP contribution in [0.2, 0.25) is 0 Å². The van der Waals surface area contributed by atoms with Crippen LogP contribution in [-0.2, 0) is 11.3 Å². The molecule has 0 radical (unpaired) electrons. The molecule has 1 fully saturated rings. The maximum Gasteiger partial charge on any atom is 0.337 e. The van der Waals surface area contributed by atoms with E-state index in [-0.39, 0.29) is 13.0 Å². The third-order valence-electron chi connectivity index (χ3n) is 3.03. The van der Waals surface area contributed by atoms with Crippen LogP contribution >= 0.6 is 15.9 Å². The molecule has 1 aliphatic rings. The Balaban J connectivity index is 2.12. The standard InChI is InChI=1S/C13H14BrF2NO2/c1-19-12(18)10-4-9(5-11(14)6-10)7-17-3-2-13(15,16)8-17/h4-6H,2-3,7-8H2,1H3. The van der Waals surface area contributed by atoms with E-state index in [4.69, 9.17) is 0 Å². The number of carbonyl (C=O) groups excluding carboxylic acids is 1. The molecule has 104 valence electrons. The van der Waals surface area contributed by atoms with E-state index < -0.39 is 11.9 Å². The Morgan fingerprint density at radius 3 is 2.79 bits per heavy atom. The molecule has 0 aliphatic carbocycles. The molecule has 1 saturated heterocycles. The van der Waals surface area contributed by atoms with E-state index in [1.165, 1.54) is 7.11 Å². The molecule has 0 saturated carbocycles. The van der Waals surface area contributed by atoms with E-state index >= 15 is 0 Å². The van der Waals surface area contributed by atoms with Crippen molar-refractivity contribution < 1.29 is 18.3 Å². The minimum atomic E-state index is -2.60. The van der Waals surface area contributed by atoms with Gasteiger partial charge >= 0.3 is 5.97 Å². The highest BCUT2D eigenvalue weighted by Gasteiger charge is 2.37. The van der Waals surface area contributed by atoms with Crippen molar-refractivity contribution in [2.75, 3.05) is 20.2 Å². The fourth-order valence-corrected chi connectivity index (χ4v) is 2.72. The average Bonchev–Trinajstić information content (AvgIpc) is 2.66. The third-order valence-corrected chi connectivity index (χ3v) is 3.49. The highest BCUT2D eigenvalue weighted by Crippen LogP contribution is 2.28. The number of methoxy groups -OCH3 is 1. The van der Waals surface area contributed by atoms with E-state index in [9.17, 15) is 13.6 Å². The zero-order valence-corrected chi connectivity index (χ0v) is 12.0. The van der Waals surface area contributed by atoms with Gasteiger partial charge in [-0.3, -0.25) is 4.90 Å². The molecular weight excluding hydrogens is 320 g/mol. The predicted octanol–water partition coefficient (Wildman–Crippen LogP) is 3.08. The summed E-state index contributed by atoms with van der Waals surface area (Å²) in [6.07, 6.45) is -0.106. The summed E-state index contributed by atoms with van der Waals surface area (Å²) in [6.45, 7) is 0.541. The number of carbonyl (C=O) groups is 1. The fourth-order valence-electron chi connectivity index (χ4n) is 2.18. The summed E-state index contributed by atoms with van der Waals surface area (Å²) in [6, 6.07) is 5.14. The summed E-state index contributed by atoms with van der Waals surface area (Å²) < 4.78 is 31.6. The van der Waals surface area contributed by atoms with Crippen molar-refractivity contribution in [1.29, 1.82) is 0 Å². The Kier molecular flexibility index (Phi) is 4.20. The fraction of sp³-hybridized carbons (Fsp3) is 0.462. The highest BCUT2D eigenvalue weighted by atomic mass is 79.9. The van der Waals surface area contributed by atoms with Crippen LogP contribution in [0.3, 0.4) is 0 Å². The summed E-state index contributed by atoms with van der Waals surface area (Å²) in [5.74, 6) is -3.04. The molecule has 2 rings (SSSR count). The van der Waals surface area contributed by atoms with E-state index in [2.05, 4.69) is 20.7 Å². The second kappa shape index (κ2) is 5.54. The van der Waals surface area contributed by atoms with E-state index in [0.29, 0.717) is 18.7 Å². The Morgan fingerprint density at radius 2 is 2.21 bits per heavy atom. The van der Waals surface area contributed by atoms with Crippen molar-refractivity contribution in [2.45, 2.75) is 18.9 Å². The smallest absolute Gasteiger partial charge is 0.337 e. The summed E-state index contributed by atoms with van der Waals surface area (Å²) in [4.78, 5) is 13.2. The summed E-state index contributed by atoms with van der Waals surface area (Å²) in [5.41, 5.74) is 1.23. The first-order chi connectivity index (χ1) is 8.89. The lowest BCUT2D eigenvalue weighted by Gasteiger charge is -2.16. The minimum Gasteiger partial charge on any atom is -0.465 e. The van der Waals surface area contributed by atoms with Crippen LogP contribution in [0, 0.1) is 0 Å². The van der Waals surface area contributed by atoms with Gasteiger partial charge in [-0.15, -0.1) is 0 Å². The van der Waals surface area contributed by atoms with E-state index in [0.717, 1.165) is 10.0 Å². The van der Waals surface area contributed by atoms with Crippen LogP contribution in [0.15, 0.2) is 22.7 Å². The van der Waals surface area contributed by atoms with Gasteiger partial charge in [-0.05, 0) is 23.8 Å². The van der Waals surface area contributed by atoms with Crippen LogP contribution in [0.4, 0.5) is 8.78 Å². The van der Waals surface area contributed by atoms with Gasteiger partial charge in [0.2, 0.25) is 0 Å². The Morgan fingerprint density at radius 1 is 1.47 bits per heavy atom. The van der Waals surface area contributed by atoms with Gasteiger partial charge < -0.3 is 4.74 Å². The number of likely N-dealkylation sites (tertiary alicyclic amines) is 1. The first-order valence-electron chi connectivity index (χ1n) is 5.87. The number of esters is 1. The molecular formula is C13H14BrF2NO2. The monoisotopic (exact) mass is 333 g/mol. The van der Waals surface area contributed by atoms with E-state index in [1.54, 1.807) is 17.0 Å². The number of rotatable bonds is 3. The van der Waals surface area contributed by atoms with Gasteiger partial charge in [0.1, 0.15) is 0 Å². The maximum absolute atomic E-state index is 13.1. The lowest BCUT2D eigenvalue weighted by Crippen LogP contribution is -2.25. The van der Waals surface area contributed by atoms with Crippen LogP contribution in [0.1, 0.15) is 22.3 Å². The molecule has 0 bridgehead atoms. The molecule has 19 heavy (non-hydrogen) atoms. The Hall–Kier alpha value is -1.01. The van der Waals surface area contributed by atoms with Crippen LogP contribution < -0.4 is 0 Å². The van der Waals surface area contributed by atoms with Gasteiger partial charge in [-0.2, -0.15) is 0 Å². The van der Waals surface area contributed by atoms with Gasteiger partial charge in [-0.1, -0.05) is 15.9 Å². The topological polar surface area (TPSA) is 29.5 Å². The minimum absolute atomic E-state index is 0.106. The van der Waals surface area contributed by atoms with Crippen molar-refractivity contribution in [1.82, 2.24) is 4.90 Å². The van der Waals surface area contributed by atoms with Crippen molar-refractivity contribution in [3.05, 3.63) is 33.8 Å². The second-order valence-electron chi connectivity index (χ2n) is 4.66. The molecule has 6 heteroatoms. The quantitative estimate of drug-likeness (QED) is 0.796. The molecule has 0 N–H and O–H groups in total.